The quantitative estimate of drug-likeness (QED) is 0.477. The van der Waals surface area contributed by atoms with Crippen LogP contribution in [0.1, 0.15) is 42.6 Å². The number of sulfonamides is 1. The average Bonchev–Trinajstić information content (AvgIpc) is 3.55. The second kappa shape index (κ2) is 9.66. The van der Waals surface area contributed by atoms with Gasteiger partial charge in [0.05, 0.1) is 17.1 Å². The molecule has 1 aliphatic heterocycles. The molecule has 3 aromatic rings. The molecule has 176 valence electrons. The molecule has 1 aromatic carbocycles. The van der Waals surface area contributed by atoms with Gasteiger partial charge in [0.1, 0.15) is 10.6 Å². The molecule has 0 N–H and O–H groups in total. The van der Waals surface area contributed by atoms with Crippen LogP contribution in [0.2, 0.25) is 5.02 Å². The summed E-state index contributed by atoms with van der Waals surface area (Å²) in [7, 11) is -1.94. The Morgan fingerprint density at radius 2 is 1.94 bits per heavy atom. The van der Waals surface area contributed by atoms with Crippen LogP contribution >= 0.6 is 11.6 Å². The van der Waals surface area contributed by atoms with Crippen LogP contribution in [0.15, 0.2) is 45.8 Å². The molecule has 1 aliphatic rings. The highest BCUT2D eigenvalue weighted by atomic mass is 35.5. The van der Waals surface area contributed by atoms with E-state index in [1.54, 1.807) is 28.6 Å². The number of hydrogen-bond acceptors (Lipinski definition) is 6. The minimum atomic E-state index is -3.61. The molecule has 2 aromatic heterocycles. The maximum absolute atomic E-state index is 13.3. The lowest BCUT2D eigenvalue weighted by molar-refractivity contribution is 0.0719. The van der Waals surface area contributed by atoms with Crippen LogP contribution in [0.25, 0.3) is 11.5 Å². The van der Waals surface area contributed by atoms with E-state index in [0.29, 0.717) is 36.6 Å². The smallest absolute Gasteiger partial charge is 0.270 e. The van der Waals surface area contributed by atoms with Crippen molar-refractivity contribution in [2.24, 2.45) is 7.05 Å². The lowest BCUT2D eigenvalue weighted by Crippen LogP contribution is -2.32. The van der Waals surface area contributed by atoms with Crippen molar-refractivity contribution < 1.29 is 17.6 Å². The summed E-state index contributed by atoms with van der Waals surface area (Å²) in [6, 6.07) is 8.59. The van der Waals surface area contributed by atoms with E-state index in [1.165, 1.54) is 16.6 Å². The van der Waals surface area contributed by atoms with Crippen molar-refractivity contribution >= 4 is 27.5 Å². The molecule has 0 aliphatic carbocycles. The standard InChI is InChI=1S/C22H26ClN5O4S/c1-3-10-27(15-20-24-25-21(32-20)17-8-4-5-9-18(17)23)22(29)19-13-16(14-26(19)2)33(30,31)28-11-6-7-12-28/h4-5,8-9,13-14H,3,6-7,10-12,15H2,1-2H3. The number of halogens is 1. The lowest BCUT2D eigenvalue weighted by Gasteiger charge is -2.20. The van der Waals surface area contributed by atoms with E-state index in [2.05, 4.69) is 10.2 Å². The Bertz CT molecular complexity index is 1250. The van der Waals surface area contributed by atoms with Gasteiger partial charge >= 0.3 is 0 Å². The average molecular weight is 492 g/mol. The van der Waals surface area contributed by atoms with Crippen LogP contribution in [0.3, 0.4) is 0 Å². The fourth-order valence-corrected chi connectivity index (χ4v) is 5.68. The van der Waals surface area contributed by atoms with Crippen molar-refractivity contribution in [3.63, 3.8) is 0 Å². The number of nitrogens with zero attached hydrogens (tertiary/aromatic N) is 5. The van der Waals surface area contributed by atoms with Crippen molar-refractivity contribution in [2.75, 3.05) is 19.6 Å². The Kier molecular flexibility index (Phi) is 6.87. The highest BCUT2D eigenvalue weighted by molar-refractivity contribution is 7.89. The van der Waals surface area contributed by atoms with E-state index in [9.17, 15) is 13.2 Å². The molecule has 0 atom stereocenters. The molecule has 3 heterocycles. The Labute approximate surface area is 198 Å². The Morgan fingerprint density at radius 1 is 1.21 bits per heavy atom. The molecule has 1 saturated heterocycles. The Morgan fingerprint density at radius 3 is 2.64 bits per heavy atom. The van der Waals surface area contributed by atoms with Crippen LogP contribution < -0.4 is 0 Å². The first-order valence-corrected chi connectivity index (χ1v) is 12.7. The number of aromatic nitrogens is 3. The third-order valence-electron chi connectivity index (χ3n) is 5.58. The van der Waals surface area contributed by atoms with E-state index in [4.69, 9.17) is 16.0 Å². The zero-order chi connectivity index (χ0) is 23.6. The molecule has 11 heteroatoms. The topological polar surface area (TPSA) is 102 Å². The van der Waals surface area contributed by atoms with Gasteiger partial charge in [0.25, 0.3) is 5.91 Å². The number of carbonyl (C=O) groups excluding carboxylic acids is 1. The number of carbonyl (C=O) groups is 1. The molecular weight excluding hydrogens is 466 g/mol. The highest BCUT2D eigenvalue weighted by Gasteiger charge is 2.30. The molecule has 0 saturated carbocycles. The van der Waals surface area contributed by atoms with Crippen LogP contribution in [0.5, 0.6) is 0 Å². The summed E-state index contributed by atoms with van der Waals surface area (Å²) in [6.45, 7) is 3.52. The minimum Gasteiger partial charge on any atom is -0.419 e. The van der Waals surface area contributed by atoms with Gasteiger partial charge in [-0.25, -0.2) is 8.42 Å². The van der Waals surface area contributed by atoms with Gasteiger partial charge in [0, 0.05) is 32.9 Å². The zero-order valence-corrected chi connectivity index (χ0v) is 20.1. The summed E-state index contributed by atoms with van der Waals surface area (Å²) in [5, 5.41) is 8.62. The van der Waals surface area contributed by atoms with Crippen LogP contribution in [0, 0.1) is 0 Å². The van der Waals surface area contributed by atoms with E-state index >= 15 is 0 Å². The summed E-state index contributed by atoms with van der Waals surface area (Å²) in [4.78, 5) is 15.0. The predicted molar refractivity (Wildman–Crippen MR) is 123 cm³/mol. The predicted octanol–water partition coefficient (Wildman–Crippen LogP) is 3.57. The molecule has 0 radical (unpaired) electrons. The second-order valence-corrected chi connectivity index (χ2v) is 10.3. The van der Waals surface area contributed by atoms with Gasteiger partial charge < -0.3 is 13.9 Å². The van der Waals surface area contributed by atoms with Gasteiger partial charge in [-0.3, -0.25) is 4.79 Å². The summed E-state index contributed by atoms with van der Waals surface area (Å²) >= 11 is 6.21. The minimum absolute atomic E-state index is 0.101. The summed E-state index contributed by atoms with van der Waals surface area (Å²) in [6.07, 6.45) is 3.90. The van der Waals surface area contributed by atoms with Gasteiger partial charge in [-0.2, -0.15) is 4.31 Å². The van der Waals surface area contributed by atoms with Crippen molar-refractivity contribution in [2.45, 2.75) is 37.6 Å². The highest BCUT2D eigenvalue weighted by Crippen LogP contribution is 2.27. The van der Waals surface area contributed by atoms with Crippen LogP contribution in [0.4, 0.5) is 0 Å². The Balaban J connectivity index is 1.56. The first-order valence-electron chi connectivity index (χ1n) is 10.8. The molecule has 9 nitrogen and oxygen atoms in total. The molecule has 0 unspecified atom stereocenters. The number of rotatable bonds is 8. The molecule has 0 bridgehead atoms. The molecule has 0 spiro atoms. The summed E-state index contributed by atoms with van der Waals surface area (Å²) < 4.78 is 34.6. The lowest BCUT2D eigenvalue weighted by atomic mass is 10.2. The zero-order valence-electron chi connectivity index (χ0n) is 18.6. The largest absolute Gasteiger partial charge is 0.419 e. The first-order chi connectivity index (χ1) is 15.8. The van der Waals surface area contributed by atoms with Gasteiger partial charge in [0.15, 0.2) is 0 Å². The number of benzene rings is 1. The van der Waals surface area contributed by atoms with Crippen molar-refractivity contribution in [1.82, 2.24) is 24.0 Å². The fraction of sp³-hybridized carbons (Fsp3) is 0.409. The van der Waals surface area contributed by atoms with Crippen molar-refractivity contribution in [1.29, 1.82) is 0 Å². The molecule has 1 amide bonds. The number of hydrogen-bond donors (Lipinski definition) is 0. The first kappa shape index (κ1) is 23.5. The van der Waals surface area contributed by atoms with Crippen molar-refractivity contribution in [3.05, 3.63) is 53.1 Å². The maximum atomic E-state index is 13.3. The summed E-state index contributed by atoms with van der Waals surface area (Å²) in [5.74, 6) is 0.239. The second-order valence-electron chi connectivity index (χ2n) is 7.99. The van der Waals surface area contributed by atoms with Gasteiger partial charge in [0.2, 0.25) is 21.8 Å². The van der Waals surface area contributed by atoms with Crippen LogP contribution in [-0.2, 0) is 23.6 Å². The van der Waals surface area contributed by atoms with Crippen LogP contribution in [-0.4, -0.2) is 57.9 Å². The van der Waals surface area contributed by atoms with E-state index in [0.717, 1.165) is 12.8 Å². The molecule has 4 rings (SSSR count). The monoisotopic (exact) mass is 491 g/mol. The maximum Gasteiger partial charge on any atom is 0.270 e. The van der Waals surface area contributed by atoms with Gasteiger partial charge in [-0.05, 0) is 37.5 Å². The molecular formula is C22H26ClN5O4S. The van der Waals surface area contributed by atoms with E-state index < -0.39 is 10.0 Å². The summed E-state index contributed by atoms with van der Waals surface area (Å²) in [5.41, 5.74) is 0.901. The van der Waals surface area contributed by atoms with E-state index in [-0.39, 0.29) is 34.8 Å². The number of aryl methyl sites for hydroxylation is 1. The van der Waals surface area contributed by atoms with Gasteiger partial charge in [-0.15, -0.1) is 10.2 Å². The molecule has 1 fully saturated rings. The van der Waals surface area contributed by atoms with Crippen molar-refractivity contribution in [3.8, 4) is 11.5 Å². The SMILES string of the molecule is CCCN(Cc1nnc(-c2ccccc2Cl)o1)C(=O)c1cc(S(=O)(=O)N2CCCC2)cn1C. The third kappa shape index (κ3) is 4.83. The fourth-order valence-electron chi connectivity index (χ4n) is 3.87. The normalized spacial score (nSPS) is 14.6. The molecule has 33 heavy (non-hydrogen) atoms. The van der Waals surface area contributed by atoms with E-state index in [1.807, 2.05) is 19.1 Å². The third-order valence-corrected chi connectivity index (χ3v) is 7.77. The Hall–Kier alpha value is -2.69. The number of amides is 1. The van der Waals surface area contributed by atoms with Gasteiger partial charge in [-0.1, -0.05) is 30.7 Å².